The maximum absolute atomic E-state index is 13.2. The largest absolute Gasteiger partial charge is 0.342 e. The summed E-state index contributed by atoms with van der Waals surface area (Å²) in [6.07, 6.45) is 4.95. The van der Waals surface area contributed by atoms with E-state index in [1.807, 2.05) is 36.1 Å². The molecule has 1 aliphatic carbocycles. The lowest BCUT2D eigenvalue weighted by Crippen LogP contribution is -2.62. The van der Waals surface area contributed by atoms with E-state index in [0.717, 1.165) is 62.6 Å². The Morgan fingerprint density at radius 3 is 2.67 bits per heavy atom. The first-order chi connectivity index (χ1) is 13.0. The molecule has 0 N–H and O–H groups in total. The number of piperazine rings is 1. The summed E-state index contributed by atoms with van der Waals surface area (Å²) < 4.78 is 0. The normalized spacial score (nSPS) is 27.1. The molecule has 2 amide bonds. The number of aryl methyl sites for hydroxylation is 1. The van der Waals surface area contributed by atoms with Crippen LogP contribution in [0.4, 0.5) is 0 Å². The number of hydrogen-bond acceptors (Lipinski definition) is 3. The van der Waals surface area contributed by atoms with Gasteiger partial charge in [0.1, 0.15) is 0 Å². The number of likely N-dealkylation sites (N-methyl/N-ethyl adjacent to an activating group) is 1. The van der Waals surface area contributed by atoms with E-state index in [1.54, 1.807) is 0 Å². The van der Waals surface area contributed by atoms with Crippen LogP contribution in [-0.4, -0.2) is 71.8 Å². The van der Waals surface area contributed by atoms with Crippen molar-refractivity contribution in [3.05, 3.63) is 35.4 Å². The zero-order chi connectivity index (χ0) is 19.0. The molecule has 3 aliphatic rings. The van der Waals surface area contributed by atoms with Crippen LogP contribution in [0.2, 0.25) is 0 Å². The van der Waals surface area contributed by atoms with Crippen LogP contribution in [0.3, 0.4) is 0 Å². The molecule has 0 unspecified atom stereocenters. The quantitative estimate of drug-likeness (QED) is 0.822. The monoisotopic (exact) mass is 369 g/mol. The first-order valence-corrected chi connectivity index (χ1v) is 10.3. The molecule has 146 valence electrons. The number of amides is 2. The van der Waals surface area contributed by atoms with Crippen LogP contribution in [0.1, 0.15) is 48.0 Å². The number of carbonyl (C=O) groups is 2. The summed E-state index contributed by atoms with van der Waals surface area (Å²) in [6, 6.07) is 7.84. The molecule has 5 nitrogen and oxygen atoms in total. The topological polar surface area (TPSA) is 43.9 Å². The molecule has 1 spiro atoms. The van der Waals surface area contributed by atoms with Gasteiger partial charge in [0.05, 0.1) is 0 Å². The van der Waals surface area contributed by atoms with Crippen molar-refractivity contribution in [3.8, 4) is 0 Å². The fourth-order valence-electron chi connectivity index (χ4n) is 4.66. The van der Waals surface area contributed by atoms with Gasteiger partial charge in [-0.15, -0.1) is 0 Å². The van der Waals surface area contributed by atoms with E-state index in [0.29, 0.717) is 12.3 Å². The van der Waals surface area contributed by atoms with Crippen molar-refractivity contribution in [1.82, 2.24) is 14.7 Å². The third-order valence-electron chi connectivity index (χ3n) is 6.84. The minimum Gasteiger partial charge on any atom is -0.342 e. The van der Waals surface area contributed by atoms with E-state index >= 15 is 0 Å². The fourth-order valence-corrected chi connectivity index (χ4v) is 4.66. The van der Waals surface area contributed by atoms with Crippen molar-refractivity contribution in [2.75, 3.05) is 39.8 Å². The summed E-state index contributed by atoms with van der Waals surface area (Å²) in [5, 5.41) is 0. The molecule has 1 aromatic carbocycles. The Kier molecular flexibility index (Phi) is 4.97. The zero-order valence-electron chi connectivity index (χ0n) is 16.6. The summed E-state index contributed by atoms with van der Waals surface area (Å²) in [4.78, 5) is 32.3. The Bertz CT molecular complexity index is 730. The van der Waals surface area contributed by atoms with Crippen LogP contribution in [0.15, 0.2) is 24.3 Å². The Morgan fingerprint density at radius 1 is 1.15 bits per heavy atom. The van der Waals surface area contributed by atoms with E-state index in [9.17, 15) is 9.59 Å². The van der Waals surface area contributed by atoms with Crippen molar-refractivity contribution in [3.63, 3.8) is 0 Å². The van der Waals surface area contributed by atoms with Gasteiger partial charge in [-0.05, 0) is 57.2 Å². The van der Waals surface area contributed by atoms with E-state index in [4.69, 9.17) is 0 Å². The molecule has 0 bridgehead atoms. The minimum absolute atomic E-state index is 0.0788. The molecule has 1 saturated carbocycles. The first kappa shape index (κ1) is 18.5. The van der Waals surface area contributed by atoms with E-state index in [1.165, 1.54) is 12.8 Å². The van der Waals surface area contributed by atoms with Crippen LogP contribution < -0.4 is 0 Å². The molecule has 1 aromatic rings. The van der Waals surface area contributed by atoms with Crippen molar-refractivity contribution in [2.24, 2.45) is 5.92 Å². The average molecular weight is 370 g/mol. The highest BCUT2D eigenvalue weighted by Crippen LogP contribution is 2.35. The molecule has 1 atom stereocenters. The molecule has 0 aromatic heterocycles. The molecule has 5 heteroatoms. The molecule has 2 aliphatic heterocycles. The van der Waals surface area contributed by atoms with Gasteiger partial charge in [-0.1, -0.05) is 18.2 Å². The van der Waals surface area contributed by atoms with Crippen molar-refractivity contribution >= 4 is 11.8 Å². The van der Waals surface area contributed by atoms with Gasteiger partial charge in [0.15, 0.2) is 0 Å². The molecular formula is C22H31N3O2. The predicted octanol–water partition coefficient (Wildman–Crippen LogP) is 2.54. The van der Waals surface area contributed by atoms with E-state index in [2.05, 4.69) is 16.8 Å². The maximum Gasteiger partial charge on any atom is 0.254 e. The van der Waals surface area contributed by atoms with Crippen LogP contribution in [0.5, 0.6) is 0 Å². The second-order valence-corrected chi connectivity index (χ2v) is 8.72. The van der Waals surface area contributed by atoms with Crippen LogP contribution in [0.25, 0.3) is 0 Å². The van der Waals surface area contributed by atoms with Gasteiger partial charge < -0.3 is 9.80 Å². The van der Waals surface area contributed by atoms with Gasteiger partial charge in [-0.2, -0.15) is 0 Å². The predicted molar refractivity (Wildman–Crippen MR) is 106 cm³/mol. The number of rotatable bonds is 3. The van der Waals surface area contributed by atoms with Crippen molar-refractivity contribution in [1.29, 1.82) is 0 Å². The number of benzene rings is 1. The van der Waals surface area contributed by atoms with Gasteiger partial charge in [0, 0.05) is 50.2 Å². The highest BCUT2D eigenvalue weighted by Gasteiger charge is 2.44. The minimum atomic E-state index is -0.0788. The SMILES string of the molecule is Cc1ccccc1C(=O)N1CCN(C)[C@]2(CCC(=O)N(CC3CC3)CC2)C1. The first-order valence-electron chi connectivity index (χ1n) is 10.3. The summed E-state index contributed by atoms with van der Waals surface area (Å²) in [5.41, 5.74) is 1.75. The third kappa shape index (κ3) is 3.75. The Labute approximate surface area is 162 Å². The zero-order valence-corrected chi connectivity index (χ0v) is 16.6. The molecule has 2 saturated heterocycles. The fraction of sp³-hybridized carbons (Fsp3) is 0.636. The lowest BCUT2D eigenvalue weighted by molar-refractivity contribution is -0.130. The number of carbonyl (C=O) groups excluding carboxylic acids is 2. The molecular weight excluding hydrogens is 338 g/mol. The third-order valence-corrected chi connectivity index (χ3v) is 6.84. The second kappa shape index (κ2) is 7.27. The van der Waals surface area contributed by atoms with Gasteiger partial charge >= 0.3 is 0 Å². The van der Waals surface area contributed by atoms with Gasteiger partial charge in [-0.25, -0.2) is 0 Å². The summed E-state index contributed by atoms with van der Waals surface area (Å²) in [5.74, 6) is 1.16. The molecule has 4 rings (SSSR count). The number of likely N-dealkylation sites (tertiary alicyclic amines) is 1. The Hall–Kier alpha value is -1.88. The Balaban J connectivity index is 1.50. The second-order valence-electron chi connectivity index (χ2n) is 8.72. The van der Waals surface area contributed by atoms with Crippen LogP contribution >= 0.6 is 0 Å². The van der Waals surface area contributed by atoms with E-state index in [-0.39, 0.29) is 11.4 Å². The number of nitrogens with zero attached hydrogens (tertiary/aromatic N) is 3. The van der Waals surface area contributed by atoms with E-state index < -0.39 is 0 Å². The van der Waals surface area contributed by atoms with Crippen LogP contribution in [0, 0.1) is 12.8 Å². The standard InChI is InChI=1S/C22H31N3O2/c1-17-5-3-4-6-19(17)21(27)25-14-13-23(2)22(16-25)10-9-20(26)24(12-11-22)15-18-7-8-18/h3-6,18H,7-16H2,1-2H3/t22-/m0/s1. The van der Waals surface area contributed by atoms with Gasteiger partial charge in [-0.3, -0.25) is 14.5 Å². The maximum atomic E-state index is 13.2. The summed E-state index contributed by atoms with van der Waals surface area (Å²) in [7, 11) is 2.16. The Morgan fingerprint density at radius 2 is 1.93 bits per heavy atom. The van der Waals surface area contributed by atoms with Crippen molar-refractivity contribution < 1.29 is 9.59 Å². The highest BCUT2D eigenvalue weighted by atomic mass is 16.2. The van der Waals surface area contributed by atoms with Gasteiger partial charge in [0.2, 0.25) is 5.91 Å². The summed E-state index contributed by atoms with van der Waals surface area (Å²) in [6.45, 7) is 6.11. The molecule has 0 radical (unpaired) electrons. The van der Waals surface area contributed by atoms with Gasteiger partial charge in [0.25, 0.3) is 5.91 Å². The molecule has 2 heterocycles. The molecule has 3 fully saturated rings. The smallest absolute Gasteiger partial charge is 0.254 e. The number of hydrogen-bond donors (Lipinski definition) is 0. The van der Waals surface area contributed by atoms with Crippen LogP contribution in [-0.2, 0) is 4.79 Å². The van der Waals surface area contributed by atoms with Crippen molar-refractivity contribution in [2.45, 2.75) is 44.6 Å². The summed E-state index contributed by atoms with van der Waals surface area (Å²) >= 11 is 0. The molecule has 27 heavy (non-hydrogen) atoms. The lowest BCUT2D eigenvalue weighted by atomic mass is 9.86. The lowest BCUT2D eigenvalue weighted by Gasteiger charge is -2.49. The average Bonchev–Trinajstić information content (AvgIpc) is 3.49. The highest BCUT2D eigenvalue weighted by molar-refractivity contribution is 5.95.